The quantitative estimate of drug-likeness (QED) is 0.488. The van der Waals surface area contributed by atoms with Gasteiger partial charge in [0.2, 0.25) is 0 Å². The fraction of sp³-hybridized carbons (Fsp3) is 0.188. The molecule has 2 aromatic carbocycles. The van der Waals surface area contributed by atoms with Gasteiger partial charge in [-0.2, -0.15) is 0 Å². The van der Waals surface area contributed by atoms with E-state index >= 15 is 0 Å². The van der Waals surface area contributed by atoms with Crippen molar-refractivity contribution < 1.29 is 4.74 Å². The summed E-state index contributed by atoms with van der Waals surface area (Å²) in [6.07, 6.45) is 0. The summed E-state index contributed by atoms with van der Waals surface area (Å²) in [5.41, 5.74) is 3.49. The van der Waals surface area contributed by atoms with Crippen LogP contribution < -0.4 is 4.74 Å². The van der Waals surface area contributed by atoms with E-state index < -0.39 is 0 Å². The summed E-state index contributed by atoms with van der Waals surface area (Å²) in [5.74, 6) is 1.99. The number of hydrogen-bond donors (Lipinski definition) is 0. The lowest BCUT2D eigenvalue weighted by atomic mass is 10.2. The predicted molar refractivity (Wildman–Crippen MR) is 102 cm³/mol. The number of para-hydroxylation sites is 2. The lowest BCUT2D eigenvalue weighted by molar-refractivity contribution is 0.408. The van der Waals surface area contributed by atoms with E-state index in [1.807, 2.05) is 6.07 Å². The minimum absolute atomic E-state index is 0.822. The Hall–Kier alpha value is -0.830. The van der Waals surface area contributed by atoms with Crippen molar-refractivity contribution in [2.24, 2.45) is 0 Å². The smallest absolute Gasteiger partial charge is 0.145 e. The summed E-state index contributed by atoms with van der Waals surface area (Å²) >= 11 is 4.65. The highest BCUT2D eigenvalue weighted by Gasteiger charge is 2.11. The van der Waals surface area contributed by atoms with Crippen LogP contribution in [0.1, 0.15) is 11.4 Å². The Morgan fingerprint density at radius 2 is 1.81 bits per heavy atom. The number of imidazole rings is 1. The van der Waals surface area contributed by atoms with Crippen LogP contribution in [0.5, 0.6) is 5.75 Å². The van der Waals surface area contributed by atoms with Crippen molar-refractivity contribution in [1.29, 1.82) is 0 Å². The molecule has 0 aliphatic carbocycles. The van der Waals surface area contributed by atoms with Gasteiger partial charge >= 0.3 is 0 Å². The van der Waals surface area contributed by atoms with E-state index in [1.54, 1.807) is 7.11 Å². The number of aromatic nitrogens is 2. The Labute approximate surface area is 151 Å². The molecule has 0 radical (unpaired) electrons. The molecule has 108 valence electrons. The van der Waals surface area contributed by atoms with Gasteiger partial charge in [-0.05, 0) is 81.9 Å². The van der Waals surface area contributed by atoms with Gasteiger partial charge in [-0.25, -0.2) is 4.98 Å². The van der Waals surface area contributed by atoms with E-state index in [-0.39, 0.29) is 0 Å². The second kappa shape index (κ2) is 6.12. The van der Waals surface area contributed by atoms with E-state index in [1.165, 1.54) is 11.1 Å². The van der Waals surface area contributed by atoms with Gasteiger partial charge in [0.15, 0.2) is 0 Å². The topological polar surface area (TPSA) is 27.1 Å². The first-order chi connectivity index (χ1) is 10.1. The number of aryl methyl sites for hydroxylation is 1. The molecule has 0 atom stereocenters. The van der Waals surface area contributed by atoms with Crippen LogP contribution in [-0.2, 0) is 6.54 Å². The molecule has 5 heteroatoms. The van der Waals surface area contributed by atoms with Crippen molar-refractivity contribution >= 4 is 56.2 Å². The highest BCUT2D eigenvalue weighted by atomic mass is 127. The molecule has 0 spiro atoms. The van der Waals surface area contributed by atoms with Crippen molar-refractivity contribution in [3.63, 3.8) is 0 Å². The number of benzene rings is 2. The summed E-state index contributed by atoms with van der Waals surface area (Å²) < 4.78 is 9.96. The molecule has 0 saturated carbocycles. The van der Waals surface area contributed by atoms with Crippen molar-refractivity contribution in [3.8, 4) is 5.75 Å². The van der Waals surface area contributed by atoms with Gasteiger partial charge in [0.05, 0.1) is 25.3 Å². The average Bonchev–Trinajstić information content (AvgIpc) is 2.75. The van der Waals surface area contributed by atoms with Gasteiger partial charge in [0.25, 0.3) is 0 Å². The fourth-order valence-corrected chi connectivity index (χ4v) is 4.81. The molecule has 1 heterocycles. The summed E-state index contributed by atoms with van der Waals surface area (Å²) in [6.45, 7) is 2.88. The summed E-state index contributed by atoms with van der Waals surface area (Å²) in [4.78, 5) is 4.62. The monoisotopic (exact) mass is 504 g/mol. The molecule has 1 aromatic heterocycles. The van der Waals surface area contributed by atoms with Gasteiger partial charge in [-0.3, -0.25) is 0 Å². The van der Waals surface area contributed by atoms with Gasteiger partial charge in [0.1, 0.15) is 11.6 Å². The number of methoxy groups -OCH3 is 1. The lowest BCUT2D eigenvalue weighted by Gasteiger charge is -2.11. The molecular formula is C16H14I2N2O. The zero-order valence-electron chi connectivity index (χ0n) is 11.7. The van der Waals surface area contributed by atoms with E-state index in [4.69, 9.17) is 4.74 Å². The van der Waals surface area contributed by atoms with E-state index in [2.05, 4.69) is 92.0 Å². The molecule has 0 unspecified atom stereocenters. The normalized spacial score (nSPS) is 11.0. The summed E-state index contributed by atoms with van der Waals surface area (Å²) in [6, 6.07) is 12.6. The molecular weight excluding hydrogens is 490 g/mol. The maximum Gasteiger partial charge on any atom is 0.145 e. The van der Waals surface area contributed by atoms with Crippen molar-refractivity contribution in [3.05, 3.63) is 54.9 Å². The first kappa shape index (κ1) is 15.1. The van der Waals surface area contributed by atoms with Crippen LogP contribution in [0.3, 0.4) is 0 Å². The van der Waals surface area contributed by atoms with Crippen LogP contribution in [-0.4, -0.2) is 16.7 Å². The zero-order chi connectivity index (χ0) is 15.0. The van der Waals surface area contributed by atoms with Crippen LogP contribution in [0.4, 0.5) is 0 Å². The zero-order valence-corrected chi connectivity index (χ0v) is 16.0. The molecule has 3 rings (SSSR count). The third kappa shape index (κ3) is 2.90. The second-order valence-corrected chi connectivity index (χ2v) is 7.15. The minimum Gasteiger partial charge on any atom is -0.495 e. The standard InChI is InChI=1S/C16H14I2N2O/c1-10-19-14-5-3-4-6-15(14)20(10)9-11-7-12(17)16(21-2)13(18)8-11/h3-8H,9H2,1-2H3. The Morgan fingerprint density at radius 3 is 2.48 bits per heavy atom. The average molecular weight is 504 g/mol. The number of halogens is 2. The lowest BCUT2D eigenvalue weighted by Crippen LogP contribution is -2.03. The van der Waals surface area contributed by atoms with E-state index in [9.17, 15) is 0 Å². The predicted octanol–water partition coefficient (Wildman–Crippen LogP) is 4.61. The summed E-state index contributed by atoms with van der Waals surface area (Å²) in [5, 5.41) is 0. The highest BCUT2D eigenvalue weighted by Crippen LogP contribution is 2.29. The summed E-state index contributed by atoms with van der Waals surface area (Å²) in [7, 11) is 1.72. The maximum absolute atomic E-state index is 5.43. The number of ether oxygens (including phenoxy) is 1. The largest absolute Gasteiger partial charge is 0.495 e. The number of rotatable bonds is 3. The number of hydrogen-bond acceptors (Lipinski definition) is 2. The van der Waals surface area contributed by atoms with Crippen LogP contribution >= 0.6 is 45.2 Å². The Bertz CT molecular complexity index is 788. The first-order valence-electron chi connectivity index (χ1n) is 6.54. The Morgan fingerprint density at radius 1 is 1.14 bits per heavy atom. The van der Waals surface area contributed by atoms with Crippen molar-refractivity contribution in [2.45, 2.75) is 13.5 Å². The molecule has 0 N–H and O–H groups in total. The maximum atomic E-state index is 5.43. The van der Waals surface area contributed by atoms with Gasteiger partial charge in [-0.1, -0.05) is 12.1 Å². The molecule has 0 saturated heterocycles. The van der Waals surface area contributed by atoms with Crippen LogP contribution in [0, 0.1) is 14.1 Å². The van der Waals surface area contributed by atoms with Gasteiger partial charge in [-0.15, -0.1) is 0 Å². The van der Waals surface area contributed by atoms with Crippen molar-refractivity contribution in [2.75, 3.05) is 7.11 Å². The Balaban J connectivity index is 2.05. The number of fused-ring (bicyclic) bond motifs is 1. The molecule has 21 heavy (non-hydrogen) atoms. The van der Waals surface area contributed by atoms with Crippen LogP contribution in [0.15, 0.2) is 36.4 Å². The molecule has 3 nitrogen and oxygen atoms in total. The molecule has 0 fully saturated rings. The van der Waals surface area contributed by atoms with Gasteiger partial charge < -0.3 is 9.30 Å². The second-order valence-electron chi connectivity index (χ2n) is 4.83. The Kier molecular flexibility index (Phi) is 4.39. The molecule has 0 aliphatic heterocycles. The molecule has 0 aliphatic rings. The molecule has 0 bridgehead atoms. The molecule has 3 aromatic rings. The first-order valence-corrected chi connectivity index (χ1v) is 8.69. The number of nitrogens with zero attached hydrogens (tertiary/aromatic N) is 2. The fourth-order valence-electron chi connectivity index (χ4n) is 2.48. The van der Waals surface area contributed by atoms with E-state index in [0.29, 0.717) is 0 Å². The minimum atomic E-state index is 0.822. The molecule has 0 amide bonds. The van der Waals surface area contributed by atoms with Crippen LogP contribution in [0.25, 0.3) is 11.0 Å². The SMILES string of the molecule is COc1c(I)cc(Cn2c(C)nc3ccccc32)cc1I. The van der Waals surface area contributed by atoms with Crippen LogP contribution in [0.2, 0.25) is 0 Å². The van der Waals surface area contributed by atoms with Crippen molar-refractivity contribution in [1.82, 2.24) is 9.55 Å². The van der Waals surface area contributed by atoms with E-state index in [0.717, 1.165) is 30.8 Å². The van der Waals surface area contributed by atoms with Gasteiger partial charge in [0, 0.05) is 6.54 Å². The third-order valence-corrected chi connectivity index (χ3v) is 5.05. The highest BCUT2D eigenvalue weighted by molar-refractivity contribution is 14.1. The third-order valence-electron chi connectivity index (χ3n) is 3.45.